The third-order valence-electron chi connectivity index (χ3n) is 5.31. The Balaban J connectivity index is 1.80. The lowest BCUT2D eigenvalue weighted by molar-refractivity contribution is -0.151. The molecular weight excluding hydrogens is 320 g/mol. The predicted molar refractivity (Wildman–Crippen MR) is 93.3 cm³/mol. The first-order valence-electron chi connectivity index (χ1n) is 8.72. The molecule has 1 aliphatic heterocycles. The molecule has 2 unspecified atom stereocenters. The number of carbonyl (C=O) groups excluding carboxylic acids is 2. The molecule has 3 rings (SSSR count). The Bertz CT molecular complexity index is 726. The second kappa shape index (κ2) is 6.50. The van der Waals surface area contributed by atoms with E-state index in [0.29, 0.717) is 6.54 Å². The Morgan fingerprint density at radius 1 is 1.28 bits per heavy atom. The monoisotopic (exact) mass is 344 g/mol. The molecule has 0 bridgehead atoms. The molecule has 25 heavy (non-hydrogen) atoms. The normalized spacial score (nSPS) is 21.3. The van der Waals surface area contributed by atoms with Gasteiger partial charge < -0.3 is 14.9 Å². The van der Waals surface area contributed by atoms with Gasteiger partial charge in [0.1, 0.15) is 6.04 Å². The molecule has 1 heterocycles. The number of benzene rings is 1. The molecule has 1 aliphatic carbocycles. The molecule has 2 atom stereocenters. The SMILES string of the molecule is Cc1cccc(N2CC(C(=O)N(C3CC3)C(C)C(=O)O)CC2=O)c1C. The summed E-state index contributed by atoms with van der Waals surface area (Å²) in [6, 6.07) is 4.94. The topological polar surface area (TPSA) is 77.9 Å². The predicted octanol–water partition coefficient (Wildman–Crippen LogP) is 2.12. The van der Waals surface area contributed by atoms with Crippen LogP contribution in [0.4, 0.5) is 5.69 Å². The average Bonchev–Trinajstić information content (AvgIpc) is 3.32. The van der Waals surface area contributed by atoms with Gasteiger partial charge in [-0.2, -0.15) is 0 Å². The molecule has 6 nitrogen and oxygen atoms in total. The van der Waals surface area contributed by atoms with Crippen LogP contribution in [-0.4, -0.2) is 46.4 Å². The molecule has 1 saturated heterocycles. The first-order chi connectivity index (χ1) is 11.8. The molecule has 0 radical (unpaired) electrons. The smallest absolute Gasteiger partial charge is 0.326 e. The van der Waals surface area contributed by atoms with Gasteiger partial charge >= 0.3 is 5.97 Å². The number of amides is 2. The average molecular weight is 344 g/mol. The van der Waals surface area contributed by atoms with Crippen LogP contribution in [0.2, 0.25) is 0 Å². The van der Waals surface area contributed by atoms with E-state index in [2.05, 4.69) is 0 Å². The minimum atomic E-state index is -1.00. The Morgan fingerprint density at radius 2 is 1.96 bits per heavy atom. The van der Waals surface area contributed by atoms with E-state index in [1.165, 1.54) is 11.8 Å². The highest BCUT2D eigenvalue weighted by molar-refractivity contribution is 6.01. The van der Waals surface area contributed by atoms with Gasteiger partial charge in [0.25, 0.3) is 0 Å². The second-order valence-electron chi connectivity index (χ2n) is 7.12. The fourth-order valence-corrected chi connectivity index (χ4v) is 3.50. The number of hydrogen-bond acceptors (Lipinski definition) is 3. The van der Waals surface area contributed by atoms with Gasteiger partial charge in [-0.05, 0) is 50.8 Å². The maximum atomic E-state index is 12.9. The molecular formula is C19H24N2O4. The Labute approximate surface area is 147 Å². The molecule has 1 aromatic rings. The van der Waals surface area contributed by atoms with Crippen LogP contribution in [0.3, 0.4) is 0 Å². The van der Waals surface area contributed by atoms with Crippen molar-refractivity contribution >= 4 is 23.5 Å². The van der Waals surface area contributed by atoms with Crippen molar-refractivity contribution in [3.05, 3.63) is 29.3 Å². The highest BCUT2D eigenvalue weighted by atomic mass is 16.4. The molecule has 6 heteroatoms. The molecule has 134 valence electrons. The van der Waals surface area contributed by atoms with Gasteiger partial charge in [0.05, 0.1) is 5.92 Å². The molecule has 1 saturated carbocycles. The van der Waals surface area contributed by atoms with E-state index in [9.17, 15) is 19.5 Å². The van der Waals surface area contributed by atoms with Crippen molar-refractivity contribution in [2.75, 3.05) is 11.4 Å². The highest BCUT2D eigenvalue weighted by Gasteiger charge is 2.44. The van der Waals surface area contributed by atoms with Crippen molar-refractivity contribution in [2.45, 2.75) is 52.1 Å². The summed E-state index contributed by atoms with van der Waals surface area (Å²) in [5.74, 6) is -1.77. The minimum absolute atomic E-state index is 0.00320. The summed E-state index contributed by atoms with van der Waals surface area (Å²) in [5.41, 5.74) is 2.96. The van der Waals surface area contributed by atoms with Crippen LogP contribution in [-0.2, 0) is 14.4 Å². The van der Waals surface area contributed by atoms with E-state index in [1.807, 2.05) is 32.0 Å². The molecule has 0 aromatic heterocycles. The largest absolute Gasteiger partial charge is 0.480 e. The molecule has 2 aliphatic rings. The van der Waals surface area contributed by atoms with Crippen LogP contribution < -0.4 is 4.90 Å². The molecule has 1 aromatic carbocycles. The highest BCUT2D eigenvalue weighted by Crippen LogP contribution is 2.34. The summed E-state index contributed by atoms with van der Waals surface area (Å²) in [7, 11) is 0. The van der Waals surface area contributed by atoms with Crippen LogP contribution in [0.15, 0.2) is 18.2 Å². The Kier molecular flexibility index (Phi) is 4.54. The Morgan fingerprint density at radius 3 is 2.56 bits per heavy atom. The number of aliphatic carboxylic acids is 1. The van der Waals surface area contributed by atoms with E-state index in [1.54, 1.807) is 4.90 Å². The zero-order chi connectivity index (χ0) is 18.3. The maximum absolute atomic E-state index is 12.9. The molecule has 0 spiro atoms. The van der Waals surface area contributed by atoms with Crippen molar-refractivity contribution in [1.29, 1.82) is 0 Å². The summed E-state index contributed by atoms with van der Waals surface area (Å²) in [4.78, 5) is 39.9. The summed E-state index contributed by atoms with van der Waals surface area (Å²) in [6.07, 6.45) is 1.82. The lowest BCUT2D eigenvalue weighted by Crippen LogP contribution is -2.47. The van der Waals surface area contributed by atoms with Gasteiger partial charge in [-0.15, -0.1) is 0 Å². The van der Waals surface area contributed by atoms with Gasteiger partial charge in [0.2, 0.25) is 11.8 Å². The summed E-state index contributed by atoms with van der Waals surface area (Å²) in [6.45, 7) is 5.82. The minimum Gasteiger partial charge on any atom is -0.480 e. The number of nitrogens with zero attached hydrogens (tertiary/aromatic N) is 2. The van der Waals surface area contributed by atoms with Crippen LogP contribution in [0.25, 0.3) is 0 Å². The first-order valence-corrected chi connectivity index (χ1v) is 8.72. The number of carboxylic acid groups (broad SMARTS) is 1. The molecule has 2 amide bonds. The zero-order valence-electron chi connectivity index (χ0n) is 14.9. The quantitative estimate of drug-likeness (QED) is 0.887. The lowest BCUT2D eigenvalue weighted by atomic mass is 10.1. The third-order valence-corrected chi connectivity index (χ3v) is 5.31. The number of anilines is 1. The van der Waals surface area contributed by atoms with E-state index >= 15 is 0 Å². The number of carbonyl (C=O) groups is 3. The number of rotatable bonds is 5. The van der Waals surface area contributed by atoms with E-state index < -0.39 is 17.9 Å². The summed E-state index contributed by atoms with van der Waals surface area (Å²) in [5, 5.41) is 9.30. The fourth-order valence-electron chi connectivity index (χ4n) is 3.50. The number of hydrogen-bond donors (Lipinski definition) is 1. The zero-order valence-corrected chi connectivity index (χ0v) is 14.9. The van der Waals surface area contributed by atoms with Crippen molar-refractivity contribution < 1.29 is 19.5 Å². The van der Waals surface area contributed by atoms with Gasteiger partial charge in [0.15, 0.2) is 0 Å². The van der Waals surface area contributed by atoms with Gasteiger partial charge in [-0.25, -0.2) is 4.79 Å². The Hall–Kier alpha value is -2.37. The number of aryl methyl sites for hydroxylation is 1. The lowest BCUT2D eigenvalue weighted by Gasteiger charge is -2.29. The van der Waals surface area contributed by atoms with Gasteiger partial charge in [-0.1, -0.05) is 12.1 Å². The van der Waals surface area contributed by atoms with Crippen LogP contribution in [0.5, 0.6) is 0 Å². The van der Waals surface area contributed by atoms with Crippen molar-refractivity contribution in [3.8, 4) is 0 Å². The number of carboxylic acids is 1. The van der Waals surface area contributed by atoms with Gasteiger partial charge in [-0.3, -0.25) is 9.59 Å². The molecule has 1 N–H and O–H groups in total. The van der Waals surface area contributed by atoms with E-state index in [-0.39, 0.29) is 24.3 Å². The summed E-state index contributed by atoms with van der Waals surface area (Å²) >= 11 is 0. The van der Waals surface area contributed by atoms with Crippen molar-refractivity contribution in [3.63, 3.8) is 0 Å². The van der Waals surface area contributed by atoms with E-state index in [0.717, 1.165) is 29.7 Å². The molecule has 2 fully saturated rings. The fraction of sp³-hybridized carbons (Fsp3) is 0.526. The van der Waals surface area contributed by atoms with Crippen molar-refractivity contribution in [1.82, 2.24) is 4.90 Å². The maximum Gasteiger partial charge on any atom is 0.326 e. The van der Waals surface area contributed by atoms with Crippen LogP contribution >= 0.6 is 0 Å². The van der Waals surface area contributed by atoms with E-state index in [4.69, 9.17) is 0 Å². The van der Waals surface area contributed by atoms with Crippen molar-refractivity contribution in [2.24, 2.45) is 5.92 Å². The third kappa shape index (κ3) is 3.25. The van der Waals surface area contributed by atoms with Crippen LogP contribution in [0, 0.1) is 19.8 Å². The first kappa shape index (κ1) is 17.5. The summed E-state index contributed by atoms with van der Waals surface area (Å²) < 4.78 is 0. The second-order valence-corrected chi connectivity index (χ2v) is 7.12. The standard InChI is InChI=1S/C19H24N2O4/c1-11-5-4-6-16(12(11)2)20-10-14(9-17(20)22)18(23)21(15-7-8-15)13(3)19(24)25/h4-6,13-15H,7-10H2,1-3H3,(H,24,25). The van der Waals surface area contributed by atoms with Gasteiger partial charge in [0, 0.05) is 24.7 Å². The van der Waals surface area contributed by atoms with Crippen LogP contribution in [0.1, 0.15) is 37.3 Å².